The molecule has 0 aliphatic rings. The molecule has 0 atom stereocenters. The summed E-state index contributed by atoms with van der Waals surface area (Å²) in [6.45, 7) is 0.862. The van der Waals surface area contributed by atoms with Crippen LogP contribution in [0.5, 0.6) is 0 Å². The van der Waals surface area contributed by atoms with E-state index in [1.807, 2.05) is 19.4 Å². The SMILES string of the molecule is Cn1cc(CCNc2nncs2)cn1. The zero-order chi connectivity index (χ0) is 9.80. The third kappa shape index (κ3) is 2.29. The molecule has 1 N–H and O–H groups in total. The van der Waals surface area contributed by atoms with Gasteiger partial charge in [0.15, 0.2) is 0 Å². The lowest BCUT2D eigenvalue weighted by Gasteiger charge is -1.98. The van der Waals surface area contributed by atoms with Crippen LogP contribution in [0.1, 0.15) is 5.56 Å². The first-order valence-corrected chi connectivity index (χ1v) is 5.20. The van der Waals surface area contributed by atoms with E-state index >= 15 is 0 Å². The van der Waals surface area contributed by atoms with Gasteiger partial charge >= 0.3 is 0 Å². The van der Waals surface area contributed by atoms with E-state index < -0.39 is 0 Å². The van der Waals surface area contributed by atoms with E-state index in [0.29, 0.717) is 0 Å². The molecule has 5 nitrogen and oxygen atoms in total. The highest BCUT2D eigenvalue weighted by Crippen LogP contribution is 2.07. The van der Waals surface area contributed by atoms with Crippen molar-refractivity contribution in [3.8, 4) is 0 Å². The molecule has 0 aliphatic heterocycles. The number of aromatic nitrogens is 4. The Morgan fingerprint density at radius 3 is 3.14 bits per heavy atom. The second kappa shape index (κ2) is 4.19. The number of aryl methyl sites for hydroxylation is 1. The van der Waals surface area contributed by atoms with Crippen molar-refractivity contribution in [3.05, 3.63) is 23.5 Å². The summed E-state index contributed by atoms with van der Waals surface area (Å²) in [5.41, 5.74) is 2.94. The van der Waals surface area contributed by atoms with Gasteiger partial charge in [0.1, 0.15) is 5.51 Å². The molecule has 2 aromatic heterocycles. The lowest BCUT2D eigenvalue weighted by Crippen LogP contribution is -2.03. The molecule has 0 bridgehead atoms. The maximum absolute atomic E-state index is 4.10. The van der Waals surface area contributed by atoms with E-state index in [0.717, 1.165) is 18.1 Å². The summed E-state index contributed by atoms with van der Waals surface area (Å²) < 4.78 is 1.81. The van der Waals surface area contributed by atoms with Crippen LogP contribution in [-0.4, -0.2) is 26.5 Å². The molecule has 0 aromatic carbocycles. The third-order valence-electron chi connectivity index (χ3n) is 1.81. The molecular formula is C8H11N5S. The first kappa shape index (κ1) is 9.14. The molecular weight excluding hydrogens is 198 g/mol. The van der Waals surface area contributed by atoms with Gasteiger partial charge in [0, 0.05) is 19.8 Å². The van der Waals surface area contributed by atoms with E-state index in [9.17, 15) is 0 Å². The number of hydrogen-bond acceptors (Lipinski definition) is 5. The maximum Gasteiger partial charge on any atom is 0.205 e. The topological polar surface area (TPSA) is 55.6 Å². The van der Waals surface area contributed by atoms with E-state index in [1.54, 1.807) is 10.2 Å². The Bertz CT molecular complexity index is 380. The lowest BCUT2D eigenvalue weighted by atomic mass is 10.2. The van der Waals surface area contributed by atoms with Gasteiger partial charge in [0.2, 0.25) is 5.13 Å². The van der Waals surface area contributed by atoms with Crippen LogP contribution in [-0.2, 0) is 13.5 Å². The van der Waals surface area contributed by atoms with Gasteiger partial charge < -0.3 is 5.32 Å². The first-order valence-electron chi connectivity index (χ1n) is 4.32. The largest absolute Gasteiger partial charge is 0.360 e. The average Bonchev–Trinajstić information content (AvgIpc) is 2.77. The van der Waals surface area contributed by atoms with Crippen LogP contribution in [0.2, 0.25) is 0 Å². The monoisotopic (exact) mass is 209 g/mol. The Kier molecular flexibility index (Phi) is 2.73. The normalized spacial score (nSPS) is 10.4. The Morgan fingerprint density at radius 2 is 2.50 bits per heavy atom. The van der Waals surface area contributed by atoms with Crippen molar-refractivity contribution in [2.24, 2.45) is 7.05 Å². The predicted molar refractivity (Wildman–Crippen MR) is 55.3 cm³/mol. The van der Waals surface area contributed by atoms with Crippen molar-refractivity contribution in [1.29, 1.82) is 0 Å². The van der Waals surface area contributed by atoms with Crippen molar-refractivity contribution in [3.63, 3.8) is 0 Å². The van der Waals surface area contributed by atoms with Crippen LogP contribution in [0.3, 0.4) is 0 Å². The second-order valence-corrected chi connectivity index (χ2v) is 3.78. The predicted octanol–water partition coefficient (Wildman–Crippen LogP) is 0.926. The second-order valence-electron chi connectivity index (χ2n) is 2.94. The Labute approximate surface area is 85.8 Å². The van der Waals surface area contributed by atoms with Gasteiger partial charge in [-0.05, 0) is 12.0 Å². The zero-order valence-corrected chi connectivity index (χ0v) is 8.66. The third-order valence-corrected chi connectivity index (χ3v) is 2.46. The molecule has 2 heterocycles. The van der Waals surface area contributed by atoms with E-state index in [4.69, 9.17) is 0 Å². The molecule has 0 spiro atoms. The van der Waals surface area contributed by atoms with Crippen molar-refractivity contribution < 1.29 is 0 Å². The molecule has 0 aliphatic carbocycles. The van der Waals surface area contributed by atoms with Crippen molar-refractivity contribution >= 4 is 16.5 Å². The first-order chi connectivity index (χ1) is 6.84. The van der Waals surface area contributed by atoms with Gasteiger partial charge in [-0.15, -0.1) is 10.2 Å². The van der Waals surface area contributed by atoms with Gasteiger partial charge in [-0.1, -0.05) is 11.3 Å². The minimum Gasteiger partial charge on any atom is -0.360 e. The molecule has 0 unspecified atom stereocenters. The molecule has 6 heteroatoms. The average molecular weight is 209 g/mol. The van der Waals surface area contributed by atoms with Crippen molar-refractivity contribution in [1.82, 2.24) is 20.0 Å². The molecule has 0 radical (unpaired) electrons. The van der Waals surface area contributed by atoms with Crippen LogP contribution in [0, 0.1) is 0 Å². The summed E-state index contributed by atoms with van der Waals surface area (Å²) in [6, 6.07) is 0. The number of nitrogens with zero attached hydrogens (tertiary/aromatic N) is 4. The zero-order valence-electron chi connectivity index (χ0n) is 7.84. The van der Waals surface area contributed by atoms with Crippen LogP contribution in [0.15, 0.2) is 17.9 Å². The number of nitrogens with one attached hydrogen (secondary N) is 1. The fourth-order valence-electron chi connectivity index (χ4n) is 1.16. The molecule has 14 heavy (non-hydrogen) atoms. The van der Waals surface area contributed by atoms with Crippen LogP contribution in [0.25, 0.3) is 0 Å². The van der Waals surface area contributed by atoms with Crippen LogP contribution < -0.4 is 5.32 Å². The van der Waals surface area contributed by atoms with Crippen LogP contribution in [0.4, 0.5) is 5.13 Å². The molecule has 0 saturated heterocycles. The molecule has 0 amide bonds. The number of hydrogen-bond donors (Lipinski definition) is 1. The minimum absolute atomic E-state index is 0.862. The van der Waals surface area contributed by atoms with E-state index in [-0.39, 0.29) is 0 Å². The van der Waals surface area contributed by atoms with Gasteiger partial charge in [-0.3, -0.25) is 4.68 Å². The minimum atomic E-state index is 0.862. The van der Waals surface area contributed by atoms with Crippen molar-refractivity contribution in [2.45, 2.75) is 6.42 Å². The fraction of sp³-hybridized carbons (Fsp3) is 0.375. The smallest absolute Gasteiger partial charge is 0.205 e. The quantitative estimate of drug-likeness (QED) is 0.813. The van der Waals surface area contributed by atoms with Gasteiger partial charge in [-0.25, -0.2) is 0 Å². The summed E-state index contributed by atoms with van der Waals surface area (Å²) in [4.78, 5) is 0. The highest BCUT2D eigenvalue weighted by atomic mass is 32.1. The van der Waals surface area contributed by atoms with Crippen molar-refractivity contribution in [2.75, 3.05) is 11.9 Å². The molecule has 74 valence electrons. The Morgan fingerprint density at radius 1 is 1.57 bits per heavy atom. The van der Waals surface area contributed by atoms with Gasteiger partial charge in [-0.2, -0.15) is 5.10 Å². The van der Waals surface area contributed by atoms with E-state index in [1.165, 1.54) is 16.9 Å². The highest BCUT2D eigenvalue weighted by Gasteiger charge is 1.97. The van der Waals surface area contributed by atoms with E-state index in [2.05, 4.69) is 20.6 Å². The standard InChI is InChI=1S/C8H11N5S/c1-13-5-7(4-11-13)2-3-9-8-12-10-6-14-8/h4-6H,2-3H2,1H3,(H,9,12). The number of anilines is 1. The Hall–Kier alpha value is -1.43. The molecule has 0 fully saturated rings. The summed E-state index contributed by atoms with van der Waals surface area (Å²) in [6.07, 6.45) is 4.84. The lowest BCUT2D eigenvalue weighted by molar-refractivity contribution is 0.767. The molecule has 2 rings (SSSR count). The summed E-state index contributed by atoms with van der Waals surface area (Å²) in [7, 11) is 1.92. The summed E-state index contributed by atoms with van der Waals surface area (Å²) in [5.74, 6) is 0. The highest BCUT2D eigenvalue weighted by molar-refractivity contribution is 7.13. The van der Waals surface area contributed by atoms with Gasteiger partial charge in [0.05, 0.1) is 6.20 Å². The molecule has 2 aromatic rings. The summed E-state index contributed by atoms with van der Waals surface area (Å²) >= 11 is 1.51. The maximum atomic E-state index is 4.10. The molecule has 0 saturated carbocycles. The van der Waals surface area contributed by atoms with Crippen LogP contribution >= 0.6 is 11.3 Å². The Balaban J connectivity index is 1.78. The number of rotatable bonds is 4. The fourth-order valence-corrected chi connectivity index (χ4v) is 1.64. The summed E-state index contributed by atoms with van der Waals surface area (Å²) in [5, 5.41) is 15.8. The van der Waals surface area contributed by atoms with Gasteiger partial charge in [0.25, 0.3) is 0 Å².